The Bertz CT molecular complexity index is 1500. The van der Waals surface area contributed by atoms with Crippen molar-refractivity contribution in [2.75, 3.05) is 19.0 Å². The third-order valence-electron chi connectivity index (χ3n) is 6.85. The van der Waals surface area contributed by atoms with Crippen molar-refractivity contribution in [3.05, 3.63) is 114 Å². The molecule has 1 aliphatic rings. The van der Waals surface area contributed by atoms with Gasteiger partial charge in [-0.15, -0.1) is 0 Å². The first-order chi connectivity index (χ1) is 19.0. The number of methoxy groups -OCH3 is 1. The van der Waals surface area contributed by atoms with Crippen LogP contribution in [0.25, 0.3) is 5.69 Å². The Labute approximate surface area is 232 Å². The van der Waals surface area contributed by atoms with Crippen LogP contribution < -0.4 is 10.6 Å². The SMILES string of the molecule is COC(=O)c1ccccc1-n1cccc1[C@@H]1[C@H](c2ccccn2)NC(=S)N1CCC(=O)Nc1ccccc1C. The second-order valence-corrected chi connectivity index (χ2v) is 9.63. The highest BCUT2D eigenvalue weighted by atomic mass is 32.1. The molecule has 2 N–H and O–H groups in total. The van der Waals surface area contributed by atoms with Crippen LogP contribution in [0.3, 0.4) is 0 Å². The molecule has 0 spiro atoms. The number of rotatable bonds is 8. The van der Waals surface area contributed by atoms with E-state index in [9.17, 15) is 9.59 Å². The highest BCUT2D eigenvalue weighted by Crippen LogP contribution is 2.40. The van der Waals surface area contributed by atoms with Gasteiger partial charge in [-0.25, -0.2) is 4.79 Å². The van der Waals surface area contributed by atoms with Crippen molar-refractivity contribution in [1.82, 2.24) is 19.8 Å². The topological polar surface area (TPSA) is 88.5 Å². The molecule has 1 saturated heterocycles. The number of aryl methyl sites for hydroxylation is 1. The number of thiocarbonyl (C=S) groups is 1. The molecule has 4 aromatic rings. The lowest BCUT2D eigenvalue weighted by atomic mass is 10.0. The number of anilines is 1. The first kappa shape index (κ1) is 26.1. The monoisotopic (exact) mass is 539 g/mol. The highest BCUT2D eigenvalue weighted by molar-refractivity contribution is 7.80. The molecule has 0 aliphatic carbocycles. The maximum atomic E-state index is 12.9. The standard InChI is InChI=1S/C30H29N5O3S/c1-20-10-3-5-12-22(20)32-26(36)16-19-35-28(27(33-30(35)39)23-13-7-8-17-31-23)25-15-9-18-34(25)24-14-6-4-11-21(24)29(37)38-2/h3-15,17-18,27-28H,16,19H2,1-2H3,(H,32,36)(H,33,39)/t27-,28+/m0/s1. The number of ether oxygens (including phenoxy) is 1. The van der Waals surface area contributed by atoms with Gasteiger partial charge >= 0.3 is 5.97 Å². The molecule has 0 radical (unpaired) electrons. The molecular formula is C30H29N5O3S. The molecule has 2 aromatic heterocycles. The van der Waals surface area contributed by atoms with Gasteiger partial charge in [-0.1, -0.05) is 36.4 Å². The number of benzene rings is 2. The normalized spacial score (nSPS) is 16.6. The zero-order valence-corrected chi connectivity index (χ0v) is 22.5. The molecule has 0 bridgehead atoms. The van der Waals surface area contributed by atoms with Gasteiger partial charge in [-0.05, 0) is 67.2 Å². The lowest BCUT2D eigenvalue weighted by molar-refractivity contribution is -0.116. The van der Waals surface area contributed by atoms with E-state index >= 15 is 0 Å². The minimum atomic E-state index is -0.420. The van der Waals surface area contributed by atoms with Gasteiger partial charge in [0.15, 0.2) is 5.11 Å². The molecule has 2 aromatic carbocycles. The summed E-state index contributed by atoms with van der Waals surface area (Å²) in [6.45, 7) is 2.35. The van der Waals surface area contributed by atoms with Crippen LogP contribution in [-0.2, 0) is 9.53 Å². The van der Waals surface area contributed by atoms with Gasteiger partial charge in [0.05, 0.1) is 36.1 Å². The predicted octanol–water partition coefficient (Wildman–Crippen LogP) is 4.97. The molecule has 1 fully saturated rings. The molecule has 8 nitrogen and oxygen atoms in total. The van der Waals surface area contributed by atoms with E-state index in [-0.39, 0.29) is 24.4 Å². The lowest BCUT2D eigenvalue weighted by Crippen LogP contribution is -2.33. The summed E-state index contributed by atoms with van der Waals surface area (Å²) < 4.78 is 7.02. The summed E-state index contributed by atoms with van der Waals surface area (Å²) in [6, 6.07) is 24.1. The molecule has 3 heterocycles. The zero-order chi connectivity index (χ0) is 27.4. The van der Waals surface area contributed by atoms with E-state index in [1.54, 1.807) is 18.3 Å². The molecule has 1 aliphatic heterocycles. The highest BCUT2D eigenvalue weighted by Gasteiger charge is 2.41. The van der Waals surface area contributed by atoms with Crippen molar-refractivity contribution in [3.63, 3.8) is 0 Å². The lowest BCUT2D eigenvalue weighted by Gasteiger charge is -2.29. The van der Waals surface area contributed by atoms with Crippen molar-refractivity contribution < 1.29 is 14.3 Å². The number of carbonyl (C=O) groups excluding carboxylic acids is 2. The van der Waals surface area contributed by atoms with Crippen LogP contribution in [0.4, 0.5) is 5.69 Å². The van der Waals surface area contributed by atoms with Crippen LogP contribution in [0.5, 0.6) is 0 Å². The number of pyridine rings is 1. The molecule has 0 saturated carbocycles. The van der Waals surface area contributed by atoms with Crippen LogP contribution in [0.15, 0.2) is 91.3 Å². The number of para-hydroxylation sites is 2. The molecule has 9 heteroatoms. The fraction of sp³-hybridized carbons (Fsp3) is 0.200. The van der Waals surface area contributed by atoms with E-state index in [0.717, 1.165) is 22.6 Å². The van der Waals surface area contributed by atoms with Gasteiger partial charge < -0.3 is 24.8 Å². The third-order valence-corrected chi connectivity index (χ3v) is 7.20. The number of hydrogen-bond donors (Lipinski definition) is 2. The molecular weight excluding hydrogens is 510 g/mol. The number of nitrogens with zero attached hydrogens (tertiary/aromatic N) is 3. The van der Waals surface area contributed by atoms with E-state index < -0.39 is 5.97 Å². The third kappa shape index (κ3) is 5.39. The van der Waals surface area contributed by atoms with E-state index in [2.05, 4.69) is 15.6 Å². The van der Waals surface area contributed by atoms with Crippen molar-refractivity contribution in [3.8, 4) is 5.69 Å². The fourth-order valence-corrected chi connectivity index (χ4v) is 5.27. The number of nitrogens with one attached hydrogen (secondary N) is 2. The number of esters is 1. The average Bonchev–Trinajstić information content (AvgIpc) is 3.57. The molecule has 5 rings (SSSR count). The van der Waals surface area contributed by atoms with Gasteiger partial charge in [0.1, 0.15) is 0 Å². The Morgan fingerprint density at radius 1 is 1.03 bits per heavy atom. The zero-order valence-electron chi connectivity index (χ0n) is 21.7. The Kier molecular flexibility index (Phi) is 7.69. The van der Waals surface area contributed by atoms with Gasteiger partial charge in [0, 0.05) is 36.7 Å². The minimum Gasteiger partial charge on any atom is -0.465 e. The second-order valence-electron chi connectivity index (χ2n) is 9.24. The van der Waals surface area contributed by atoms with E-state index in [4.69, 9.17) is 17.0 Å². The quantitative estimate of drug-likeness (QED) is 0.241. The first-order valence-electron chi connectivity index (χ1n) is 12.7. The van der Waals surface area contributed by atoms with E-state index in [0.29, 0.717) is 22.9 Å². The van der Waals surface area contributed by atoms with Crippen molar-refractivity contribution in [2.24, 2.45) is 0 Å². The van der Waals surface area contributed by atoms with Crippen molar-refractivity contribution in [2.45, 2.75) is 25.4 Å². The molecule has 39 heavy (non-hydrogen) atoms. The molecule has 198 valence electrons. The Hall–Kier alpha value is -4.50. The fourth-order valence-electron chi connectivity index (χ4n) is 4.94. The summed E-state index contributed by atoms with van der Waals surface area (Å²) in [5.74, 6) is -0.519. The Morgan fingerprint density at radius 2 is 1.79 bits per heavy atom. The molecule has 0 unspecified atom stereocenters. The van der Waals surface area contributed by atoms with E-state index in [1.807, 2.05) is 89.3 Å². The first-order valence-corrected chi connectivity index (χ1v) is 13.1. The summed E-state index contributed by atoms with van der Waals surface area (Å²) in [4.78, 5) is 32.2. The number of carbonyl (C=O) groups is 2. The summed E-state index contributed by atoms with van der Waals surface area (Å²) in [5, 5.41) is 6.97. The number of aromatic nitrogens is 2. The van der Waals surface area contributed by atoms with Crippen LogP contribution >= 0.6 is 12.2 Å². The largest absolute Gasteiger partial charge is 0.465 e. The smallest absolute Gasteiger partial charge is 0.339 e. The maximum absolute atomic E-state index is 12.9. The average molecular weight is 540 g/mol. The number of amides is 1. The van der Waals surface area contributed by atoms with Gasteiger partial charge in [0.25, 0.3) is 0 Å². The Balaban J connectivity index is 1.49. The second kappa shape index (κ2) is 11.5. The van der Waals surface area contributed by atoms with Gasteiger partial charge in [-0.3, -0.25) is 9.78 Å². The predicted molar refractivity (Wildman–Crippen MR) is 154 cm³/mol. The van der Waals surface area contributed by atoms with Crippen LogP contribution in [0, 0.1) is 6.92 Å². The Morgan fingerprint density at radius 3 is 2.56 bits per heavy atom. The molecule has 2 atom stereocenters. The summed E-state index contributed by atoms with van der Waals surface area (Å²) in [5.41, 5.74) is 4.66. The van der Waals surface area contributed by atoms with Crippen LogP contribution in [0.2, 0.25) is 0 Å². The minimum absolute atomic E-state index is 0.0986. The van der Waals surface area contributed by atoms with Crippen LogP contribution in [-0.4, -0.2) is 45.1 Å². The summed E-state index contributed by atoms with van der Waals surface area (Å²) in [7, 11) is 1.37. The van der Waals surface area contributed by atoms with Crippen molar-refractivity contribution >= 4 is 34.9 Å². The maximum Gasteiger partial charge on any atom is 0.339 e. The van der Waals surface area contributed by atoms with E-state index in [1.165, 1.54) is 7.11 Å². The van der Waals surface area contributed by atoms with Gasteiger partial charge in [0.2, 0.25) is 5.91 Å². The summed E-state index contributed by atoms with van der Waals surface area (Å²) in [6.07, 6.45) is 3.90. The van der Waals surface area contributed by atoms with Gasteiger partial charge in [-0.2, -0.15) is 0 Å². The molecule has 1 amide bonds. The summed E-state index contributed by atoms with van der Waals surface area (Å²) >= 11 is 5.79. The van der Waals surface area contributed by atoms with Crippen LogP contribution in [0.1, 0.15) is 45.8 Å². The van der Waals surface area contributed by atoms with Crippen molar-refractivity contribution in [1.29, 1.82) is 0 Å². The number of hydrogen-bond acceptors (Lipinski definition) is 5.